The van der Waals surface area contributed by atoms with Crippen LogP contribution in [0.5, 0.6) is 5.75 Å². The van der Waals surface area contributed by atoms with Crippen LogP contribution in [0.3, 0.4) is 0 Å². The SMILES string of the molecule is CCNC(=NCC(C)(C)c1cccs1)NC1CCOc2ccccc21. The minimum absolute atomic E-state index is 0.0318. The maximum Gasteiger partial charge on any atom is 0.191 e. The summed E-state index contributed by atoms with van der Waals surface area (Å²) in [6.07, 6.45) is 0.940. The van der Waals surface area contributed by atoms with Crippen LogP contribution in [-0.2, 0) is 5.41 Å². The van der Waals surface area contributed by atoms with Gasteiger partial charge < -0.3 is 15.4 Å². The lowest BCUT2D eigenvalue weighted by Gasteiger charge is -2.28. The van der Waals surface area contributed by atoms with Crippen LogP contribution in [0.4, 0.5) is 0 Å². The maximum atomic E-state index is 5.76. The first-order valence-electron chi connectivity index (χ1n) is 8.90. The number of para-hydroxylation sites is 1. The van der Waals surface area contributed by atoms with Gasteiger partial charge in [0, 0.05) is 28.8 Å². The predicted octanol–water partition coefficient (Wildman–Crippen LogP) is 4.10. The van der Waals surface area contributed by atoms with Crippen molar-refractivity contribution >= 4 is 17.3 Å². The van der Waals surface area contributed by atoms with Crippen LogP contribution in [0, 0.1) is 0 Å². The lowest BCUT2D eigenvalue weighted by Crippen LogP contribution is -2.41. The van der Waals surface area contributed by atoms with Crippen molar-refractivity contribution in [2.45, 2.75) is 38.6 Å². The first-order valence-corrected chi connectivity index (χ1v) is 9.78. The molecule has 2 aromatic rings. The van der Waals surface area contributed by atoms with E-state index in [2.05, 4.69) is 61.1 Å². The topological polar surface area (TPSA) is 45.7 Å². The van der Waals surface area contributed by atoms with Crippen LogP contribution in [0.1, 0.15) is 43.7 Å². The summed E-state index contributed by atoms with van der Waals surface area (Å²) in [7, 11) is 0. The molecule has 0 spiro atoms. The molecule has 0 amide bonds. The summed E-state index contributed by atoms with van der Waals surface area (Å²) < 4.78 is 5.76. The molecule has 4 nitrogen and oxygen atoms in total. The molecular weight excluding hydrogens is 330 g/mol. The van der Waals surface area contributed by atoms with Crippen molar-refractivity contribution in [2.75, 3.05) is 19.7 Å². The van der Waals surface area contributed by atoms with Gasteiger partial charge >= 0.3 is 0 Å². The van der Waals surface area contributed by atoms with Gasteiger partial charge in [-0.25, -0.2) is 0 Å². The summed E-state index contributed by atoms with van der Waals surface area (Å²) in [5.74, 6) is 1.84. The van der Waals surface area contributed by atoms with E-state index in [1.807, 2.05) is 12.1 Å². The largest absolute Gasteiger partial charge is 0.493 e. The lowest BCUT2D eigenvalue weighted by molar-refractivity contribution is 0.261. The summed E-state index contributed by atoms with van der Waals surface area (Å²) in [6, 6.07) is 12.8. The summed E-state index contributed by atoms with van der Waals surface area (Å²) >= 11 is 1.79. The molecule has 0 saturated heterocycles. The van der Waals surface area contributed by atoms with E-state index in [1.165, 1.54) is 10.4 Å². The van der Waals surface area contributed by atoms with Crippen LogP contribution in [0.15, 0.2) is 46.8 Å². The smallest absolute Gasteiger partial charge is 0.191 e. The van der Waals surface area contributed by atoms with Crippen LogP contribution in [-0.4, -0.2) is 25.7 Å². The zero-order chi connectivity index (χ0) is 17.7. The second-order valence-electron chi connectivity index (χ2n) is 6.93. The number of thiophene rings is 1. The average molecular weight is 358 g/mol. The molecule has 0 saturated carbocycles. The molecule has 1 aromatic carbocycles. The van der Waals surface area contributed by atoms with E-state index < -0.39 is 0 Å². The van der Waals surface area contributed by atoms with E-state index in [9.17, 15) is 0 Å². The molecule has 134 valence electrons. The molecule has 5 heteroatoms. The first-order chi connectivity index (χ1) is 12.1. The van der Waals surface area contributed by atoms with E-state index in [0.717, 1.165) is 37.8 Å². The minimum Gasteiger partial charge on any atom is -0.493 e. The molecular formula is C20H27N3OS. The number of hydrogen-bond acceptors (Lipinski definition) is 3. The van der Waals surface area contributed by atoms with E-state index in [-0.39, 0.29) is 11.5 Å². The van der Waals surface area contributed by atoms with Crippen molar-refractivity contribution in [2.24, 2.45) is 4.99 Å². The van der Waals surface area contributed by atoms with Gasteiger partial charge in [0.05, 0.1) is 19.2 Å². The van der Waals surface area contributed by atoms with Gasteiger partial charge in [-0.2, -0.15) is 0 Å². The first kappa shape index (κ1) is 17.8. The monoisotopic (exact) mass is 357 g/mol. The molecule has 1 atom stereocenters. The molecule has 2 N–H and O–H groups in total. The molecule has 0 fully saturated rings. The number of hydrogen-bond donors (Lipinski definition) is 2. The van der Waals surface area contributed by atoms with Crippen LogP contribution in [0.25, 0.3) is 0 Å². The van der Waals surface area contributed by atoms with Crippen molar-refractivity contribution < 1.29 is 4.74 Å². The van der Waals surface area contributed by atoms with Gasteiger partial charge in [-0.3, -0.25) is 4.99 Å². The fourth-order valence-corrected chi connectivity index (χ4v) is 3.84. The third-order valence-electron chi connectivity index (χ3n) is 4.43. The van der Waals surface area contributed by atoms with Gasteiger partial charge in [0.25, 0.3) is 0 Å². The van der Waals surface area contributed by atoms with Crippen molar-refractivity contribution in [3.05, 3.63) is 52.2 Å². The molecule has 2 heterocycles. The molecule has 1 aliphatic rings. The fraction of sp³-hybridized carbons (Fsp3) is 0.450. The van der Waals surface area contributed by atoms with Crippen molar-refractivity contribution in [1.82, 2.24) is 10.6 Å². The predicted molar refractivity (Wildman–Crippen MR) is 106 cm³/mol. The van der Waals surface area contributed by atoms with Gasteiger partial charge in [-0.15, -0.1) is 11.3 Å². The van der Waals surface area contributed by atoms with Crippen molar-refractivity contribution in [3.63, 3.8) is 0 Å². The van der Waals surface area contributed by atoms with Gasteiger partial charge in [0.1, 0.15) is 5.75 Å². The Bertz CT molecular complexity index is 709. The molecule has 0 radical (unpaired) electrons. The van der Waals surface area contributed by atoms with E-state index in [1.54, 1.807) is 11.3 Å². The Morgan fingerprint density at radius 1 is 1.28 bits per heavy atom. The van der Waals surface area contributed by atoms with E-state index >= 15 is 0 Å². The van der Waals surface area contributed by atoms with Crippen LogP contribution < -0.4 is 15.4 Å². The van der Waals surface area contributed by atoms with Gasteiger partial charge in [-0.05, 0) is 24.4 Å². The van der Waals surface area contributed by atoms with Crippen molar-refractivity contribution in [3.8, 4) is 5.75 Å². The zero-order valence-electron chi connectivity index (χ0n) is 15.2. The number of rotatable bonds is 5. The standard InChI is InChI=1S/C20H27N3OS/c1-4-21-19(22-14-20(2,3)18-10-7-13-25-18)23-16-11-12-24-17-9-6-5-8-15(16)17/h5-10,13,16H,4,11-12,14H2,1-3H3,(H2,21,22,23). The highest BCUT2D eigenvalue weighted by atomic mass is 32.1. The molecule has 25 heavy (non-hydrogen) atoms. The number of guanidine groups is 1. The summed E-state index contributed by atoms with van der Waals surface area (Å²) in [6.45, 7) is 8.91. The second-order valence-corrected chi connectivity index (χ2v) is 7.88. The van der Waals surface area contributed by atoms with Gasteiger partial charge in [0.15, 0.2) is 5.96 Å². The lowest BCUT2D eigenvalue weighted by atomic mass is 9.92. The highest BCUT2D eigenvalue weighted by molar-refractivity contribution is 7.10. The molecule has 1 aromatic heterocycles. The highest BCUT2D eigenvalue weighted by Gasteiger charge is 2.24. The third-order valence-corrected chi connectivity index (χ3v) is 5.67. The van der Waals surface area contributed by atoms with E-state index in [0.29, 0.717) is 0 Å². The Hall–Kier alpha value is -2.01. The Balaban J connectivity index is 1.74. The summed E-state index contributed by atoms with van der Waals surface area (Å²) in [5.41, 5.74) is 1.24. The number of nitrogens with one attached hydrogen (secondary N) is 2. The molecule has 1 aliphatic heterocycles. The average Bonchev–Trinajstić information content (AvgIpc) is 3.16. The Kier molecular flexibility index (Phi) is 5.63. The Labute approximate surface area is 154 Å². The summed E-state index contributed by atoms with van der Waals surface area (Å²) in [4.78, 5) is 6.23. The highest BCUT2D eigenvalue weighted by Crippen LogP contribution is 2.31. The zero-order valence-corrected chi connectivity index (χ0v) is 16.0. The van der Waals surface area contributed by atoms with Gasteiger partial charge in [-0.1, -0.05) is 38.1 Å². The number of ether oxygens (including phenoxy) is 1. The van der Waals surface area contributed by atoms with Crippen molar-refractivity contribution in [1.29, 1.82) is 0 Å². The number of aliphatic imine (C=N–C) groups is 1. The number of nitrogens with zero attached hydrogens (tertiary/aromatic N) is 1. The Morgan fingerprint density at radius 3 is 2.88 bits per heavy atom. The Morgan fingerprint density at radius 2 is 2.12 bits per heavy atom. The molecule has 0 aliphatic carbocycles. The quantitative estimate of drug-likeness (QED) is 0.625. The van der Waals surface area contributed by atoms with Gasteiger partial charge in [0.2, 0.25) is 0 Å². The van der Waals surface area contributed by atoms with E-state index in [4.69, 9.17) is 9.73 Å². The summed E-state index contributed by atoms with van der Waals surface area (Å²) in [5, 5.41) is 9.10. The second kappa shape index (κ2) is 7.91. The number of benzene rings is 1. The maximum absolute atomic E-state index is 5.76. The molecule has 0 bridgehead atoms. The molecule has 3 rings (SSSR count). The molecule has 1 unspecified atom stereocenters. The fourth-order valence-electron chi connectivity index (χ4n) is 3.00. The third kappa shape index (κ3) is 4.34. The normalized spacial score (nSPS) is 17.6. The minimum atomic E-state index is 0.0318. The van der Waals surface area contributed by atoms with Crippen LogP contribution in [0.2, 0.25) is 0 Å². The van der Waals surface area contributed by atoms with Crippen LogP contribution >= 0.6 is 11.3 Å². The number of fused-ring (bicyclic) bond motifs is 1.